The van der Waals surface area contributed by atoms with Crippen molar-refractivity contribution in [2.75, 3.05) is 0 Å². The molecule has 4 heteroatoms. The van der Waals surface area contributed by atoms with E-state index in [-0.39, 0.29) is 22.6 Å². The summed E-state index contributed by atoms with van der Waals surface area (Å²) in [5.41, 5.74) is 3.41. The van der Waals surface area contributed by atoms with Crippen molar-refractivity contribution in [2.24, 2.45) is 0 Å². The summed E-state index contributed by atoms with van der Waals surface area (Å²) >= 11 is 1.91. The summed E-state index contributed by atoms with van der Waals surface area (Å²) in [5, 5.41) is 0.297. The SMILES string of the molecule is CC(C)(C)S[C@@H]1C[C@@H](N2C(=O)c3ccccc3C2=O)c2ccccc21. The quantitative estimate of drug-likeness (QED) is 0.715. The monoisotopic (exact) mass is 351 g/mol. The number of imide groups is 1. The van der Waals surface area contributed by atoms with Crippen molar-refractivity contribution in [1.82, 2.24) is 4.90 Å². The lowest BCUT2D eigenvalue weighted by Gasteiger charge is -2.25. The summed E-state index contributed by atoms with van der Waals surface area (Å²) in [4.78, 5) is 27.3. The van der Waals surface area contributed by atoms with Crippen LogP contribution in [0.4, 0.5) is 0 Å². The van der Waals surface area contributed by atoms with Crippen molar-refractivity contribution in [1.29, 1.82) is 0 Å². The number of rotatable bonds is 2. The van der Waals surface area contributed by atoms with Gasteiger partial charge in [0.1, 0.15) is 0 Å². The third kappa shape index (κ3) is 2.69. The number of carbonyl (C=O) groups is 2. The molecule has 0 N–H and O–H groups in total. The van der Waals surface area contributed by atoms with Crippen LogP contribution in [0.1, 0.15) is 70.3 Å². The molecule has 4 rings (SSSR count). The van der Waals surface area contributed by atoms with E-state index in [0.29, 0.717) is 16.4 Å². The second-order valence-electron chi connectivity index (χ2n) is 7.63. The lowest BCUT2D eigenvalue weighted by molar-refractivity contribution is 0.0582. The second kappa shape index (κ2) is 5.73. The van der Waals surface area contributed by atoms with Crippen molar-refractivity contribution in [2.45, 2.75) is 43.2 Å². The molecule has 2 atom stereocenters. The zero-order valence-electron chi connectivity index (χ0n) is 14.7. The molecular formula is C21H21NO2S. The fraction of sp³-hybridized carbons (Fsp3) is 0.333. The number of amides is 2. The molecule has 0 aromatic heterocycles. The van der Waals surface area contributed by atoms with Gasteiger partial charge in [0, 0.05) is 10.00 Å². The van der Waals surface area contributed by atoms with Crippen LogP contribution in [0.25, 0.3) is 0 Å². The van der Waals surface area contributed by atoms with Crippen LogP contribution in [0.5, 0.6) is 0 Å². The van der Waals surface area contributed by atoms with Gasteiger partial charge >= 0.3 is 0 Å². The van der Waals surface area contributed by atoms with E-state index >= 15 is 0 Å². The van der Waals surface area contributed by atoms with E-state index < -0.39 is 0 Å². The summed E-state index contributed by atoms with van der Waals surface area (Å²) in [6.07, 6.45) is 0.784. The zero-order chi connectivity index (χ0) is 17.8. The molecule has 3 nitrogen and oxygen atoms in total. The third-order valence-electron chi connectivity index (χ3n) is 4.77. The van der Waals surface area contributed by atoms with E-state index in [1.54, 1.807) is 12.1 Å². The molecule has 1 aliphatic heterocycles. The maximum Gasteiger partial charge on any atom is 0.262 e. The first-order chi connectivity index (χ1) is 11.9. The first-order valence-corrected chi connectivity index (χ1v) is 9.48. The van der Waals surface area contributed by atoms with Crippen molar-refractivity contribution in [3.63, 3.8) is 0 Å². The van der Waals surface area contributed by atoms with E-state index in [1.807, 2.05) is 36.0 Å². The highest BCUT2D eigenvalue weighted by atomic mass is 32.2. The molecule has 128 valence electrons. The van der Waals surface area contributed by atoms with Crippen molar-refractivity contribution in [3.05, 3.63) is 70.8 Å². The van der Waals surface area contributed by atoms with Gasteiger partial charge in [0.15, 0.2) is 0 Å². The molecule has 0 unspecified atom stereocenters. The molecule has 2 aromatic rings. The minimum Gasteiger partial charge on any atom is -0.269 e. The number of hydrogen-bond acceptors (Lipinski definition) is 3. The minimum absolute atomic E-state index is 0.120. The van der Waals surface area contributed by atoms with E-state index in [1.165, 1.54) is 10.5 Å². The van der Waals surface area contributed by atoms with Crippen LogP contribution in [0.15, 0.2) is 48.5 Å². The van der Waals surface area contributed by atoms with E-state index in [0.717, 1.165) is 12.0 Å². The molecule has 0 bridgehead atoms. The summed E-state index contributed by atoms with van der Waals surface area (Å²) in [6.45, 7) is 6.61. The smallest absolute Gasteiger partial charge is 0.262 e. The summed E-state index contributed by atoms with van der Waals surface area (Å²) in [6, 6.07) is 15.2. The van der Waals surface area contributed by atoms with Gasteiger partial charge in [-0.1, -0.05) is 57.2 Å². The predicted octanol–water partition coefficient (Wildman–Crippen LogP) is 5.00. The Morgan fingerprint density at radius 2 is 1.40 bits per heavy atom. The molecule has 0 saturated heterocycles. The number of carbonyl (C=O) groups excluding carboxylic acids is 2. The second-order valence-corrected chi connectivity index (χ2v) is 9.65. The Morgan fingerprint density at radius 1 is 0.880 bits per heavy atom. The van der Waals surface area contributed by atoms with Gasteiger partial charge in [-0.05, 0) is 29.7 Å². The molecule has 25 heavy (non-hydrogen) atoms. The standard InChI is InChI=1S/C21H21NO2S/c1-21(2,3)25-18-12-17(13-8-4-5-9-14(13)18)22-19(23)15-10-6-7-11-16(15)20(22)24/h4-11,17-18H,12H2,1-3H3/t17-,18-/m1/s1. The molecule has 2 amide bonds. The van der Waals surface area contributed by atoms with Gasteiger partial charge in [-0.3, -0.25) is 14.5 Å². The summed E-state index contributed by atoms with van der Waals surface area (Å²) in [5.74, 6) is -0.330. The van der Waals surface area contributed by atoms with Gasteiger partial charge in [-0.2, -0.15) is 0 Å². The predicted molar refractivity (Wildman–Crippen MR) is 101 cm³/mol. The number of nitrogens with zero attached hydrogens (tertiary/aromatic N) is 1. The lowest BCUT2D eigenvalue weighted by atomic mass is 10.1. The highest BCUT2D eigenvalue weighted by Crippen LogP contribution is 2.53. The van der Waals surface area contributed by atoms with Crippen molar-refractivity contribution >= 4 is 23.6 Å². The summed E-state index contributed by atoms with van der Waals surface area (Å²) in [7, 11) is 0. The average molecular weight is 351 g/mol. The average Bonchev–Trinajstić information content (AvgIpc) is 3.03. The molecule has 1 heterocycles. The molecule has 2 aromatic carbocycles. The number of thioether (sulfide) groups is 1. The van der Waals surface area contributed by atoms with Gasteiger partial charge in [0.05, 0.1) is 17.2 Å². The molecule has 0 saturated carbocycles. The van der Waals surface area contributed by atoms with E-state index in [4.69, 9.17) is 0 Å². The lowest BCUT2D eigenvalue weighted by Crippen LogP contribution is -2.33. The number of hydrogen-bond donors (Lipinski definition) is 0. The highest BCUT2D eigenvalue weighted by molar-refractivity contribution is 8.00. The number of fused-ring (bicyclic) bond motifs is 2. The minimum atomic E-state index is -0.177. The van der Waals surface area contributed by atoms with Crippen LogP contribution in [0.2, 0.25) is 0 Å². The molecule has 2 aliphatic rings. The largest absolute Gasteiger partial charge is 0.269 e. The first-order valence-electron chi connectivity index (χ1n) is 8.60. The van der Waals surface area contributed by atoms with Gasteiger partial charge in [-0.25, -0.2) is 0 Å². The maximum atomic E-state index is 12.9. The Kier molecular flexibility index (Phi) is 3.76. The van der Waals surface area contributed by atoms with Crippen LogP contribution in [0, 0.1) is 0 Å². The molecule has 0 fully saturated rings. The van der Waals surface area contributed by atoms with E-state index in [9.17, 15) is 9.59 Å². The van der Waals surface area contributed by atoms with Crippen molar-refractivity contribution in [3.8, 4) is 0 Å². The van der Waals surface area contributed by atoms with Gasteiger partial charge in [-0.15, -0.1) is 11.8 Å². The summed E-state index contributed by atoms with van der Waals surface area (Å²) < 4.78 is 0.120. The molecule has 1 aliphatic carbocycles. The van der Waals surface area contributed by atoms with Crippen LogP contribution in [-0.2, 0) is 0 Å². The van der Waals surface area contributed by atoms with Crippen LogP contribution in [-0.4, -0.2) is 21.5 Å². The Morgan fingerprint density at radius 3 is 1.96 bits per heavy atom. The zero-order valence-corrected chi connectivity index (χ0v) is 15.5. The van der Waals surface area contributed by atoms with Gasteiger partial charge in [0.25, 0.3) is 11.8 Å². The molecular weight excluding hydrogens is 330 g/mol. The van der Waals surface area contributed by atoms with Gasteiger partial charge in [0.2, 0.25) is 0 Å². The Balaban J connectivity index is 1.73. The fourth-order valence-electron chi connectivity index (χ4n) is 3.84. The Hall–Kier alpha value is -2.07. The van der Waals surface area contributed by atoms with Gasteiger partial charge < -0.3 is 0 Å². The Labute approximate surface area is 152 Å². The molecule has 0 radical (unpaired) electrons. The first kappa shape index (κ1) is 16.4. The van der Waals surface area contributed by atoms with Crippen molar-refractivity contribution < 1.29 is 9.59 Å². The molecule has 0 spiro atoms. The number of benzene rings is 2. The Bertz CT molecular complexity index is 833. The van der Waals surface area contributed by atoms with E-state index in [2.05, 4.69) is 32.9 Å². The third-order valence-corrected chi connectivity index (χ3v) is 6.21. The maximum absolute atomic E-state index is 12.9. The normalized spacial score (nSPS) is 22.3. The van der Waals surface area contributed by atoms with Crippen LogP contribution in [0.3, 0.4) is 0 Å². The van der Waals surface area contributed by atoms with Crippen LogP contribution >= 0.6 is 11.8 Å². The fourth-order valence-corrected chi connectivity index (χ4v) is 5.31. The topological polar surface area (TPSA) is 37.4 Å². The van der Waals surface area contributed by atoms with Crippen LogP contribution < -0.4 is 0 Å². The highest BCUT2D eigenvalue weighted by Gasteiger charge is 2.45.